The number of aromatic nitrogens is 4. The highest BCUT2D eigenvalue weighted by molar-refractivity contribution is 5.67. The van der Waals surface area contributed by atoms with Gasteiger partial charge >= 0.3 is 0 Å². The summed E-state index contributed by atoms with van der Waals surface area (Å²) in [5.41, 5.74) is 6.24. The summed E-state index contributed by atoms with van der Waals surface area (Å²) in [4.78, 5) is 10.9. The molecule has 144 valence electrons. The summed E-state index contributed by atoms with van der Waals surface area (Å²) in [5.74, 6) is 0.802. The third-order valence-electron chi connectivity index (χ3n) is 4.60. The van der Waals surface area contributed by atoms with Crippen LogP contribution in [0.25, 0.3) is 40.0 Å². The SMILES string of the molecule is C=C(c1ccc(-c2cncc(-c3nnc(-c4cccc(C)c4)o3)n2)cc1)N(C)C. The number of benzene rings is 2. The van der Waals surface area contributed by atoms with Gasteiger partial charge in [-0.15, -0.1) is 10.2 Å². The van der Waals surface area contributed by atoms with E-state index in [0.29, 0.717) is 17.5 Å². The standard InChI is InChI=1S/C23H21N5O/c1-15-6-5-7-19(12-15)22-26-27-23(29-22)21-14-24-13-20(25-21)18-10-8-17(9-11-18)16(2)28(3)4/h5-14H,2H2,1,3-4H3. The fraction of sp³-hybridized carbons (Fsp3) is 0.130. The largest absolute Gasteiger partial charge is 0.415 e. The topological polar surface area (TPSA) is 67.9 Å². The summed E-state index contributed by atoms with van der Waals surface area (Å²) < 4.78 is 5.84. The van der Waals surface area contributed by atoms with E-state index in [1.54, 1.807) is 12.4 Å². The van der Waals surface area contributed by atoms with Crippen LogP contribution >= 0.6 is 0 Å². The van der Waals surface area contributed by atoms with Gasteiger partial charge in [-0.3, -0.25) is 4.98 Å². The Morgan fingerprint density at radius 2 is 1.62 bits per heavy atom. The molecule has 0 aliphatic carbocycles. The van der Waals surface area contributed by atoms with E-state index in [1.807, 2.05) is 74.4 Å². The van der Waals surface area contributed by atoms with Crippen molar-refractivity contribution in [1.82, 2.24) is 25.1 Å². The van der Waals surface area contributed by atoms with Crippen LogP contribution in [0.5, 0.6) is 0 Å². The molecule has 0 unspecified atom stereocenters. The first kappa shape index (κ1) is 18.6. The molecule has 0 fully saturated rings. The second kappa shape index (κ2) is 7.67. The van der Waals surface area contributed by atoms with Gasteiger partial charge in [-0.05, 0) is 24.6 Å². The molecule has 0 atom stereocenters. The highest BCUT2D eigenvalue weighted by Gasteiger charge is 2.13. The molecule has 0 aliphatic heterocycles. The van der Waals surface area contributed by atoms with Crippen LogP contribution in [0.4, 0.5) is 0 Å². The molecule has 0 N–H and O–H groups in total. The van der Waals surface area contributed by atoms with Crippen molar-refractivity contribution in [3.63, 3.8) is 0 Å². The molecule has 0 saturated heterocycles. The molecular formula is C23H21N5O. The van der Waals surface area contributed by atoms with E-state index < -0.39 is 0 Å². The molecule has 2 aromatic carbocycles. The number of aryl methyl sites for hydroxylation is 1. The zero-order valence-electron chi connectivity index (χ0n) is 16.6. The molecule has 0 saturated carbocycles. The summed E-state index contributed by atoms with van der Waals surface area (Å²) in [6, 6.07) is 16.0. The van der Waals surface area contributed by atoms with E-state index in [0.717, 1.165) is 33.6 Å². The molecule has 0 aliphatic rings. The number of nitrogens with zero attached hydrogens (tertiary/aromatic N) is 5. The monoisotopic (exact) mass is 383 g/mol. The van der Waals surface area contributed by atoms with Crippen LogP contribution in [-0.4, -0.2) is 39.2 Å². The highest BCUT2D eigenvalue weighted by atomic mass is 16.4. The molecule has 2 heterocycles. The maximum absolute atomic E-state index is 5.84. The number of hydrogen-bond donors (Lipinski definition) is 0. The van der Waals surface area contributed by atoms with Crippen molar-refractivity contribution in [2.24, 2.45) is 0 Å². The Hall–Kier alpha value is -3.80. The van der Waals surface area contributed by atoms with E-state index in [2.05, 4.69) is 26.7 Å². The van der Waals surface area contributed by atoms with Crippen molar-refractivity contribution >= 4 is 5.70 Å². The van der Waals surface area contributed by atoms with Gasteiger partial charge in [-0.1, -0.05) is 48.5 Å². The Labute approximate surface area is 169 Å². The van der Waals surface area contributed by atoms with Gasteiger partial charge in [0.1, 0.15) is 5.69 Å². The number of hydrogen-bond acceptors (Lipinski definition) is 6. The first-order valence-electron chi connectivity index (χ1n) is 9.21. The van der Waals surface area contributed by atoms with Crippen LogP contribution < -0.4 is 0 Å². The maximum atomic E-state index is 5.84. The molecule has 6 nitrogen and oxygen atoms in total. The minimum atomic E-state index is 0.341. The molecule has 0 bridgehead atoms. The average Bonchev–Trinajstić information content (AvgIpc) is 3.24. The quantitative estimate of drug-likeness (QED) is 0.497. The van der Waals surface area contributed by atoms with E-state index in [-0.39, 0.29) is 0 Å². The van der Waals surface area contributed by atoms with Gasteiger partial charge < -0.3 is 9.32 Å². The predicted octanol–water partition coefficient (Wildman–Crippen LogP) is 4.70. The van der Waals surface area contributed by atoms with E-state index in [1.165, 1.54) is 0 Å². The minimum Gasteiger partial charge on any atom is -0.415 e. The van der Waals surface area contributed by atoms with Crippen LogP contribution in [0.2, 0.25) is 0 Å². The van der Waals surface area contributed by atoms with Gasteiger partial charge in [-0.25, -0.2) is 4.98 Å². The van der Waals surface area contributed by atoms with Crippen LogP contribution in [0, 0.1) is 6.92 Å². The molecule has 6 heteroatoms. The minimum absolute atomic E-state index is 0.341. The summed E-state index contributed by atoms with van der Waals surface area (Å²) in [6.45, 7) is 6.11. The highest BCUT2D eigenvalue weighted by Crippen LogP contribution is 2.26. The maximum Gasteiger partial charge on any atom is 0.268 e. The molecular weight excluding hydrogens is 362 g/mol. The molecule has 2 aromatic heterocycles. The second-order valence-corrected chi connectivity index (χ2v) is 6.99. The Kier molecular flexibility index (Phi) is 4.91. The Balaban J connectivity index is 1.62. The smallest absolute Gasteiger partial charge is 0.268 e. The van der Waals surface area contributed by atoms with Crippen LogP contribution in [-0.2, 0) is 0 Å². The van der Waals surface area contributed by atoms with Crippen molar-refractivity contribution in [3.05, 3.63) is 78.6 Å². The van der Waals surface area contributed by atoms with Crippen molar-refractivity contribution in [2.75, 3.05) is 14.1 Å². The van der Waals surface area contributed by atoms with Crippen LogP contribution in [0.1, 0.15) is 11.1 Å². The Bertz CT molecular complexity index is 1160. The zero-order chi connectivity index (χ0) is 20.4. The fourth-order valence-corrected chi connectivity index (χ4v) is 2.92. The first-order valence-corrected chi connectivity index (χ1v) is 9.21. The summed E-state index contributed by atoms with van der Waals surface area (Å²) >= 11 is 0. The Morgan fingerprint density at radius 1 is 0.897 bits per heavy atom. The summed E-state index contributed by atoms with van der Waals surface area (Å²) in [5, 5.41) is 8.30. The first-order chi connectivity index (χ1) is 14.0. The third kappa shape index (κ3) is 3.91. The lowest BCUT2D eigenvalue weighted by Crippen LogP contribution is -2.08. The van der Waals surface area contributed by atoms with E-state index in [4.69, 9.17) is 4.42 Å². The lowest BCUT2D eigenvalue weighted by molar-refractivity contribution is 0.582. The van der Waals surface area contributed by atoms with Gasteiger partial charge in [0.05, 0.1) is 18.1 Å². The zero-order valence-corrected chi connectivity index (χ0v) is 16.6. The molecule has 4 rings (SSSR count). The van der Waals surface area contributed by atoms with Crippen molar-refractivity contribution < 1.29 is 4.42 Å². The Morgan fingerprint density at radius 3 is 2.34 bits per heavy atom. The van der Waals surface area contributed by atoms with Crippen molar-refractivity contribution in [3.8, 4) is 34.3 Å². The van der Waals surface area contributed by atoms with Crippen LogP contribution in [0.15, 0.2) is 71.9 Å². The van der Waals surface area contributed by atoms with E-state index in [9.17, 15) is 0 Å². The molecule has 4 aromatic rings. The average molecular weight is 383 g/mol. The lowest BCUT2D eigenvalue weighted by Gasteiger charge is -2.15. The van der Waals surface area contributed by atoms with E-state index >= 15 is 0 Å². The summed E-state index contributed by atoms with van der Waals surface area (Å²) in [6.07, 6.45) is 3.34. The third-order valence-corrected chi connectivity index (χ3v) is 4.60. The molecule has 29 heavy (non-hydrogen) atoms. The van der Waals surface area contributed by atoms with Crippen molar-refractivity contribution in [1.29, 1.82) is 0 Å². The molecule has 0 radical (unpaired) electrons. The normalized spacial score (nSPS) is 10.7. The molecule has 0 spiro atoms. The number of rotatable bonds is 5. The molecule has 0 amide bonds. The van der Waals surface area contributed by atoms with Crippen molar-refractivity contribution in [2.45, 2.75) is 6.92 Å². The second-order valence-electron chi connectivity index (χ2n) is 6.99. The van der Waals surface area contributed by atoms with Crippen LogP contribution in [0.3, 0.4) is 0 Å². The predicted molar refractivity (Wildman–Crippen MR) is 114 cm³/mol. The van der Waals surface area contributed by atoms with Gasteiger partial charge in [0.15, 0.2) is 0 Å². The van der Waals surface area contributed by atoms with Gasteiger partial charge in [0.25, 0.3) is 5.89 Å². The fourth-order valence-electron chi connectivity index (χ4n) is 2.92. The van der Waals surface area contributed by atoms with Gasteiger partial charge in [0, 0.05) is 30.9 Å². The van der Waals surface area contributed by atoms with Gasteiger partial charge in [0.2, 0.25) is 5.89 Å². The summed E-state index contributed by atoms with van der Waals surface area (Å²) in [7, 11) is 3.95. The lowest BCUT2D eigenvalue weighted by atomic mass is 10.1. The van der Waals surface area contributed by atoms with Gasteiger partial charge in [-0.2, -0.15) is 0 Å².